The molecule has 7 heteroatoms. The number of carbonyl (C=O) groups excluding carboxylic acids is 2. The van der Waals surface area contributed by atoms with Crippen LogP contribution < -0.4 is 16.4 Å². The van der Waals surface area contributed by atoms with E-state index in [1.807, 2.05) is 0 Å². The van der Waals surface area contributed by atoms with Crippen molar-refractivity contribution < 1.29 is 19.5 Å². The van der Waals surface area contributed by atoms with Gasteiger partial charge in [-0.3, -0.25) is 14.4 Å². The van der Waals surface area contributed by atoms with Gasteiger partial charge in [0, 0.05) is 11.3 Å². The van der Waals surface area contributed by atoms with E-state index < -0.39 is 24.3 Å². The van der Waals surface area contributed by atoms with E-state index in [1.165, 1.54) is 12.1 Å². The Hall–Kier alpha value is -2.57. The second-order valence-electron chi connectivity index (χ2n) is 3.47. The summed E-state index contributed by atoms with van der Waals surface area (Å²) in [4.78, 5) is 32.2. The molecule has 0 spiro atoms. The number of nitrogens with one attached hydrogen (secondary N) is 2. The number of anilines is 1. The van der Waals surface area contributed by atoms with E-state index in [9.17, 15) is 14.4 Å². The normalized spacial score (nSPS) is 9.56. The molecule has 0 aliphatic rings. The summed E-state index contributed by atoms with van der Waals surface area (Å²) in [5, 5.41) is 13.3. The number of hydrogen-bond donors (Lipinski definition) is 4. The number of benzene rings is 1. The maximum atomic E-state index is 11.2. The van der Waals surface area contributed by atoms with E-state index in [0.29, 0.717) is 11.3 Å². The molecular formula is C11H13N3O4. The molecule has 2 amide bonds. The first-order valence-electron chi connectivity index (χ1n) is 5.11. The lowest BCUT2D eigenvalue weighted by molar-refractivity contribution is -0.137. The van der Waals surface area contributed by atoms with Crippen molar-refractivity contribution in [1.82, 2.24) is 5.32 Å². The zero-order chi connectivity index (χ0) is 13.5. The molecule has 1 aromatic rings. The Bertz CT molecular complexity index is 456. The second-order valence-corrected chi connectivity index (χ2v) is 3.47. The van der Waals surface area contributed by atoms with Crippen LogP contribution in [0.15, 0.2) is 24.3 Å². The van der Waals surface area contributed by atoms with Gasteiger partial charge in [0.2, 0.25) is 11.8 Å². The molecule has 0 aliphatic carbocycles. The van der Waals surface area contributed by atoms with Crippen molar-refractivity contribution in [1.29, 1.82) is 0 Å². The number of aliphatic carboxylic acids is 1. The van der Waals surface area contributed by atoms with Gasteiger partial charge in [0.15, 0.2) is 0 Å². The smallest absolute Gasteiger partial charge is 0.322 e. The molecule has 0 radical (unpaired) electrons. The van der Waals surface area contributed by atoms with Crippen LogP contribution in [-0.4, -0.2) is 36.0 Å². The first kappa shape index (κ1) is 13.5. The molecule has 0 heterocycles. The van der Waals surface area contributed by atoms with Crippen molar-refractivity contribution in [2.24, 2.45) is 5.73 Å². The molecule has 0 saturated carbocycles. The highest BCUT2D eigenvalue weighted by Crippen LogP contribution is 2.08. The predicted octanol–water partition coefficient (Wildman–Crippen LogP) is -0.602. The average Bonchev–Trinajstić information content (AvgIpc) is 2.34. The van der Waals surface area contributed by atoms with Crippen molar-refractivity contribution in [2.45, 2.75) is 0 Å². The molecule has 0 unspecified atom stereocenters. The van der Waals surface area contributed by atoms with E-state index in [4.69, 9.17) is 10.8 Å². The summed E-state index contributed by atoms with van der Waals surface area (Å²) in [7, 11) is 0. The molecule has 96 valence electrons. The Morgan fingerprint density at radius 1 is 1.11 bits per heavy atom. The molecule has 7 nitrogen and oxygen atoms in total. The van der Waals surface area contributed by atoms with Crippen molar-refractivity contribution in [2.75, 3.05) is 18.4 Å². The lowest BCUT2D eigenvalue weighted by Gasteiger charge is -2.06. The lowest BCUT2D eigenvalue weighted by Crippen LogP contribution is -2.33. The molecular weight excluding hydrogens is 238 g/mol. The van der Waals surface area contributed by atoms with Gasteiger partial charge in [-0.2, -0.15) is 0 Å². The quantitative estimate of drug-likeness (QED) is 0.537. The van der Waals surface area contributed by atoms with Crippen molar-refractivity contribution >= 4 is 23.5 Å². The van der Waals surface area contributed by atoms with E-state index in [0.717, 1.165) is 0 Å². The minimum Gasteiger partial charge on any atom is -0.480 e. The first-order valence-corrected chi connectivity index (χ1v) is 5.11. The molecule has 5 N–H and O–H groups in total. The summed E-state index contributed by atoms with van der Waals surface area (Å²) < 4.78 is 0. The average molecular weight is 251 g/mol. The molecule has 0 saturated heterocycles. The topological polar surface area (TPSA) is 122 Å². The minimum atomic E-state index is -1.10. The highest BCUT2D eigenvalue weighted by molar-refractivity contribution is 5.93. The Kier molecular flexibility index (Phi) is 4.67. The van der Waals surface area contributed by atoms with Crippen LogP contribution >= 0.6 is 0 Å². The van der Waals surface area contributed by atoms with Crippen LogP contribution in [0.5, 0.6) is 0 Å². The predicted molar refractivity (Wildman–Crippen MR) is 64.1 cm³/mol. The van der Waals surface area contributed by atoms with E-state index in [1.54, 1.807) is 12.1 Å². The zero-order valence-electron chi connectivity index (χ0n) is 9.47. The van der Waals surface area contributed by atoms with Crippen molar-refractivity contribution in [3.8, 4) is 0 Å². The SMILES string of the molecule is NC(=O)c1ccc(NCC(=O)NCC(=O)O)cc1. The van der Waals surface area contributed by atoms with Gasteiger partial charge in [0.25, 0.3) is 0 Å². The summed E-state index contributed by atoms with van der Waals surface area (Å²) in [6, 6.07) is 6.26. The lowest BCUT2D eigenvalue weighted by atomic mass is 10.2. The van der Waals surface area contributed by atoms with Gasteiger partial charge in [0.05, 0.1) is 6.54 Å². The number of carbonyl (C=O) groups is 3. The molecule has 0 atom stereocenters. The summed E-state index contributed by atoms with van der Waals surface area (Å²) in [6.45, 7) is -0.468. The monoisotopic (exact) mass is 251 g/mol. The van der Waals surface area contributed by atoms with Gasteiger partial charge in [0.1, 0.15) is 6.54 Å². The third-order valence-electron chi connectivity index (χ3n) is 2.06. The Morgan fingerprint density at radius 2 is 1.72 bits per heavy atom. The van der Waals surface area contributed by atoms with Crippen molar-refractivity contribution in [3.05, 3.63) is 29.8 Å². The van der Waals surface area contributed by atoms with E-state index >= 15 is 0 Å². The van der Waals surface area contributed by atoms with Gasteiger partial charge in [-0.1, -0.05) is 0 Å². The van der Waals surface area contributed by atoms with Crippen LogP contribution in [0, 0.1) is 0 Å². The number of rotatable bonds is 6. The van der Waals surface area contributed by atoms with Crippen LogP contribution in [0.3, 0.4) is 0 Å². The molecule has 0 fully saturated rings. The number of hydrogen-bond acceptors (Lipinski definition) is 4. The fraction of sp³-hybridized carbons (Fsp3) is 0.182. The summed E-state index contributed by atoms with van der Waals surface area (Å²) in [5.74, 6) is -2.06. The summed E-state index contributed by atoms with van der Waals surface area (Å²) in [5.41, 5.74) is 6.08. The number of primary amides is 1. The number of carboxylic acid groups (broad SMARTS) is 1. The number of amides is 2. The highest BCUT2D eigenvalue weighted by atomic mass is 16.4. The summed E-state index contributed by atoms with van der Waals surface area (Å²) in [6.07, 6.45) is 0. The van der Waals surface area contributed by atoms with Crippen LogP contribution in [0.4, 0.5) is 5.69 Å². The standard InChI is InChI=1S/C11H13N3O4/c12-11(18)7-1-3-8(4-2-7)13-5-9(15)14-6-10(16)17/h1-4,13H,5-6H2,(H2,12,18)(H,14,15)(H,16,17). The fourth-order valence-corrected chi connectivity index (χ4v) is 1.17. The van der Waals surface area contributed by atoms with Crippen LogP contribution in [-0.2, 0) is 9.59 Å². The van der Waals surface area contributed by atoms with Crippen LogP contribution in [0.2, 0.25) is 0 Å². The van der Waals surface area contributed by atoms with Gasteiger partial charge < -0.3 is 21.5 Å². The van der Waals surface area contributed by atoms with Gasteiger partial charge >= 0.3 is 5.97 Å². The molecule has 1 aromatic carbocycles. The first-order chi connectivity index (χ1) is 8.49. The maximum absolute atomic E-state index is 11.2. The fourth-order valence-electron chi connectivity index (χ4n) is 1.17. The van der Waals surface area contributed by atoms with Crippen molar-refractivity contribution in [3.63, 3.8) is 0 Å². The largest absolute Gasteiger partial charge is 0.480 e. The molecule has 0 bridgehead atoms. The minimum absolute atomic E-state index is 0.0524. The molecule has 0 aromatic heterocycles. The summed E-state index contributed by atoms with van der Waals surface area (Å²) >= 11 is 0. The Labute approximate surface area is 103 Å². The Balaban J connectivity index is 2.41. The van der Waals surface area contributed by atoms with Gasteiger partial charge in [-0.15, -0.1) is 0 Å². The third-order valence-corrected chi connectivity index (χ3v) is 2.06. The third kappa shape index (κ3) is 4.52. The zero-order valence-corrected chi connectivity index (χ0v) is 9.47. The maximum Gasteiger partial charge on any atom is 0.322 e. The number of carboxylic acids is 1. The van der Waals surface area contributed by atoms with Crippen LogP contribution in [0.25, 0.3) is 0 Å². The van der Waals surface area contributed by atoms with Gasteiger partial charge in [-0.25, -0.2) is 0 Å². The molecule has 1 rings (SSSR count). The van der Waals surface area contributed by atoms with E-state index in [2.05, 4.69) is 10.6 Å². The van der Waals surface area contributed by atoms with Crippen LogP contribution in [0.1, 0.15) is 10.4 Å². The Morgan fingerprint density at radius 3 is 2.22 bits per heavy atom. The van der Waals surface area contributed by atoms with Gasteiger partial charge in [-0.05, 0) is 24.3 Å². The highest BCUT2D eigenvalue weighted by Gasteiger charge is 2.04. The molecule has 18 heavy (non-hydrogen) atoms. The van der Waals surface area contributed by atoms with E-state index in [-0.39, 0.29) is 6.54 Å². The number of nitrogens with two attached hydrogens (primary N) is 1. The molecule has 0 aliphatic heterocycles. The second kappa shape index (κ2) is 6.24.